The quantitative estimate of drug-likeness (QED) is 0.673. The van der Waals surface area contributed by atoms with Gasteiger partial charge in [0.15, 0.2) is 0 Å². The van der Waals surface area contributed by atoms with E-state index in [4.69, 9.17) is 16.1 Å². The predicted octanol–water partition coefficient (Wildman–Crippen LogP) is 5.79. The van der Waals surface area contributed by atoms with Crippen LogP contribution in [0.3, 0.4) is 0 Å². The number of halogens is 3. The summed E-state index contributed by atoms with van der Waals surface area (Å²) in [5.74, 6) is 1.21. The molecule has 4 nitrogen and oxygen atoms in total. The molecule has 1 N–H and O–H groups in total. The maximum atomic E-state index is 13.7. The van der Waals surface area contributed by atoms with Crippen molar-refractivity contribution in [3.8, 4) is 11.4 Å². The van der Waals surface area contributed by atoms with Crippen LogP contribution in [0.4, 0.5) is 4.39 Å². The zero-order valence-electron chi connectivity index (χ0n) is 16.2. The molecule has 0 radical (unpaired) electrons. The van der Waals surface area contributed by atoms with E-state index in [-0.39, 0.29) is 23.0 Å². The molecular formula is C21H26Cl2FN3O. The highest BCUT2D eigenvalue weighted by molar-refractivity contribution is 6.33. The molecule has 0 saturated heterocycles. The molecule has 4 atom stereocenters. The molecule has 152 valence electrons. The molecule has 2 aromatic rings. The van der Waals surface area contributed by atoms with Gasteiger partial charge in [0.25, 0.3) is 0 Å². The van der Waals surface area contributed by atoms with Crippen molar-refractivity contribution < 1.29 is 8.91 Å². The van der Waals surface area contributed by atoms with Crippen LogP contribution >= 0.6 is 24.0 Å². The van der Waals surface area contributed by atoms with Gasteiger partial charge in [0, 0.05) is 11.1 Å². The van der Waals surface area contributed by atoms with Crippen molar-refractivity contribution in [2.24, 2.45) is 16.7 Å². The molecular weight excluding hydrogens is 400 g/mol. The Morgan fingerprint density at radius 2 is 1.89 bits per heavy atom. The molecule has 4 saturated carbocycles. The Kier molecular flexibility index (Phi) is 4.80. The van der Waals surface area contributed by atoms with Gasteiger partial charge in [0.1, 0.15) is 5.82 Å². The maximum Gasteiger partial charge on any atom is 0.240 e. The first-order valence-corrected chi connectivity index (χ1v) is 10.2. The topological polar surface area (TPSA) is 51.0 Å². The zero-order valence-corrected chi connectivity index (χ0v) is 17.8. The van der Waals surface area contributed by atoms with Crippen LogP contribution in [-0.2, 0) is 6.54 Å². The van der Waals surface area contributed by atoms with E-state index in [9.17, 15) is 4.39 Å². The van der Waals surface area contributed by atoms with Crippen molar-refractivity contribution in [3.05, 3.63) is 34.9 Å². The highest BCUT2D eigenvalue weighted by Gasteiger charge is 2.59. The summed E-state index contributed by atoms with van der Waals surface area (Å²) in [6, 6.07) is 4.62. The fraction of sp³-hybridized carbons (Fsp3) is 0.619. The lowest BCUT2D eigenvalue weighted by Crippen LogP contribution is -2.63. The van der Waals surface area contributed by atoms with Gasteiger partial charge in [-0.1, -0.05) is 36.7 Å². The third kappa shape index (κ3) is 3.35. The molecule has 2 unspecified atom stereocenters. The standard InChI is InChI=1S/C21H25ClFN3O.ClH/c1-19-6-13-7-20(2,10-19)12-21(8-13,11-19)24-9-16-25-18(26-27-16)14-4-3-5-15(23)17(14)22;/h3-5,13,24H,6-12H2,1-2H3;1H/t13?,19-,20+,21?;. The van der Waals surface area contributed by atoms with Gasteiger partial charge in [-0.25, -0.2) is 4.39 Å². The first-order chi connectivity index (χ1) is 12.8. The summed E-state index contributed by atoms with van der Waals surface area (Å²) >= 11 is 6.04. The molecule has 28 heavy (non-hydrogen) atoms. The van der Waals surface area contributed by atoms with Crippen LogP contribution in [0.25, 0.3) is 11.4 Å². The second-order valence-corrected chi connectivity index (χ2v) is 10.3. The monoisotopic (exact) mass is 425 g/mol. The van der Waals surface area contributed by atoms with Crippen molar-refractivity contribution in [1.82, 2.24) is 15.5 Å². The Morgan fingerprint density at radius 1 is 1.18 bits per heavy atom. The van der Waals surface area contributed by atoms with Crippen LogP contribution in [0.5, 0.6) is 0 Å². The molecule has 6 rings (SSSR count). The fourth-order valence-corrected chi connectivity index (χ4v) is 7.23. The van der Waals surface area contributed by atoms with Crippen molar-refractivity contribution in [2.75, 3.05) is 0 Å². The second kappa shape index (κ2) is 6.68. The van der Waals surface area contributed by atoms with Crippen LogP contribution in [0, 0.1) is 22.6 Å². The minimum Gasteiger partial charge on any atom is -0.338 e. The lowest BCUT2D eigenvalue weighted by molar-refractivity contribution is -0.118. The number of aromatic nitrogens is 2. The number of rotatable bonds is 4. The van der Waals surface area contributed by atoms with Gasteiger partial charge in [-0.3, -0.25) is 0 Å². The number of nitrogens with one attached hydrogen (secondary N) is 1. The highest BCUT2D eigenvalue weighted by Crippen LogP contribution is 2.66. The van der Waals surface area contributed by atoms with E-state index in [1.54, 1.807) is 12.1 Å². The smallest absolute Gasteiger partial charge is 0.240 e. The molecule has 4 aliphatic carbocycles. The largest absolute Gasteiger partial charge is 0.338 e. The Labute approximate surface area is 176 Å². The van der Waals surface area contributed by atoms with Crippen LogP contribution < -0.4 is 5.32 Å². The van der Waals surface area contributed by atoms with Crippen molar-refractivity contribution in [3.63, 3.8) is 0 Å². The summed E-state index contributed by atoms with van der Waals surface area (Å²) in [4.78, 5) is 4.44. The molecule has 1 aromatic carbocycles. The van der Waals surface area contributed by atoms with Gasteiger partial charge < -0.3 is 9.84 Å². The molecule has 0 aliphatic heterocycles. The Balaban J connectivity index is 0.00000192. The van der Waals surface area contributed by atoms with E-state index in [2.05, 4.69) is 29.3 Å². The molecule has 4 bridgehead atoms. The Hall–Kier alpha value is -1.17. The van der Waals surface area contributed by atoms with E-state index in [1.807, 2.05) is 0 Å². The average Bonchev–Trinajstić information content (AvgIpc) is 3.01. The van der Waals surface area contributed by atoms with Gasteiger partial charge in [-0.2, -0.15) is 4.98 Å². The van der Waals surface area contributed by atoms with E-state index in [0.717, 1.165) is 5.92 Å². The van der Waals surface area contributed by atoms with Crippen LogP contribution in [0.2, 0.25) is 5.02 Å². The molecule has 1 heterocycles. The van der Waals surface area contributed by atoms with Crippen molar-refractivity contribution in [2.45, 2.75) is 64.5 Å². The highest BCUT2D eigenvalue weighted by atomic mass is 35.5. The number of nitrogens with zero attached hydrogens (tertiary/aromatic N) is 2. The lowest BCUT2D eigenvalue weighted by Gasteiger charge is -2.65. The zero-order chi connectivity index (χ0) is 18.9. The molecule has 0 amide bonds. The summed E-state index contributed by atoms with van der Waals surface area (Å²) in [5.41, 5.74) is 1.54. The maximum absolute atomic E-state index is 13.7. The molecule has 0 spiro atoms. The normalized spacial score (nSPS) is 35.8. The van der Waals surface area contributed by atoms with Crippen LogP contribution in [-0.4, -0.2) is 15.7 Å². The Bertz CT molecular complexity index is 884. The Morgan fingerprint density at radius 3 is 2.57 bits per heavy atom. The SMILES string of the molecule is C[C@]12CC3CC(NCc4nc(-c5cccc(F)c5Cl)no4)(C1)C[C@@](C)(C3)C2.Cl. The molecule has 4 fully saturated rings. The van der Waals surface area contributed by atoms with Crippen molar-refractivity contribution in [1.29, 1.82) is 0 Å². The summed E-state index contributed by atoms with van der Waals surface area (Å²) in [7, 11) is 0. The van der Waals surface area contributed by atoms with E-state index in [0.29, 0.717) is 34.7 Å². The van der Waals surface area contributed by atoms with Crippen molar-refractivity contribution >= 4 is 24.0 Å². The predicted molar refractivity (Wildman–Crippen MR) is 109 cm³/mol. The van der Waals surface area contributed by atoms with E-state index in [1.165, 1.54) is 44.6 Å². The fourth-order valence-electron chi connectivity index (χ4n) is 7.02. The number of hydrogen-bond donors (Lipinski definition) is 1. The minimum absolute atomic E-state index is 0. The van der Waals surface area contributed by atoms with E-state index < -0.39 is 5.82 Å². The van der Waals surface area contributed by atoms with Gasteiger partial charge in [-0.15, -0.1) is 12.4 Å². The van der Waals surface area contributed by atoms with Gasteiger partial charge in [-0.05, 0) is 67.4 Å². The van der Waals surface area contributed by atoms with Gasteiger partial charge in [0.2, 0.25) is 11.7 Å². The first kappa shape index (κ1) is 20.1. The number of hydrogen-bond acceptors (Lipinski definition) is 4. The summed E-state index contributed by atoms with van der Waals surface area (Å²) in [6.07, 6.45) is 7.78. The van der Waals surface area contributed by atoms with E-state index >= 15 is 0 Å². The van der Waals surface area contributed by atoms with Gasteiger partial charge >= 0.3 is 0 Å². The first-order valence-electron chi connectivity index (χ1n) is 9.79. The minimum atomic E-state index is -0.478. The molecule has 7 heteroatoms. The second-order valence-electron chi connectivity index (χ2n) is 9.88. The third-order valence-corrected chi connectivity index (χ3v) is 7.29. The summed E-state index contributed by atoms with van der Waals surface area (Å²) in [5, 5.41) is 7.81. The van der Waals surface area contributed by atoms with Crippen LogP contribution in [0.15, 0.2) is 22.7 Å². The summed E-state index contributed by atoms with van der Waals surface area (Å²) < 4.78 is 19.1. The van der Waals surface area contributed by atoms with Crippen LogP contribution in [0.1, 0.15) is 58.3 Å². The number of benzene rings is 1. The lowest BCUT2D eigenvalue weighted by atomic mass is 9.43. The van der Waals surface area contributed by atoms with Gasteiger partial charge in [0.05, 0.1) is 11.6 Å². The average molecular weight is 426 g/mol. The molecule has 1 aromatic heterocycles. The molecule has 4 aliphatic rings. The summed E-state index contributed by atoms with van der Waals surface area (Å²) in [6.45, 7) is 5.46. The third-order valence-electron chi connectivity index (χ3n) is 6.90.